The molecule has 226 valence electrons. The van der Waals surface area contributed by atoms with E-state index in [1.54, 1.807) is 0 Å². The summed E-state index contributed by atoms with van der Waals surface area (Å²) in [4.78, 5) is 4.68. The van der Waals surface area contributed by atoms with E-state index in [-0.39, 0.29) is 26.5 Å². The molecule has 0 unspecified atom stereocenters. The minimum Gasteiger partial charge on any atom is -0.509 e. The predicted octanol–water partition coefficient (Wildman–Crippen LogP) is 9.64. The molecule has 5 nitrogen and oxygen atoms in total. The van der Waals surface area contributed by atoms with E-state index in [0.717, 1.165) is 61.4 Å². The van der Waals surface area contributed by atoms with E-state index in [1.807, 2.05) is 41.2 Å². The summed E-state index contributed by atoms with van der Waals surface area (Å²) in [5.41, 5.74) is 9.72. The number of para-hydroxylation sites is 1. The van der Waals surface area contributed by atoms with Crippen LogP contribution < -0.4 is 4.74 Å². The zero-order valence-electron chi connectivity index (χ0n) is 26.3. The van der Waals surface area contributed by atoms with Gasteiger partial charge < -0.3 is 9.30 Å². The molecular formula is C39H34N4OPt. The molecule has 0 saturated heterocycles. The summed E-state index contributed by atoms with van der Waals surface area (Å²) in [7, 11) is 0. The SMILES string of the molecule is Cc1ccnc(-n2c3[c-]c(Oc4[c-]c(-n5nc(C)c(-c6ccc(C(C)(C)C)cc6)c5C)ccc4)ccc3c3ccccc32)c1.[Pt+2]. The van der Waals surface area contributed by atoms with Crippen molar-refractivity contribution < 1.29 is 25.8 Å². The summed E-state index contributed by atoms with van der Waals surface area (Å²) in [5.74, 6) is 2.06. The molecule has 0 aliphatic rings. The molecule has 0 atom stereocenters. The molecule has 0 amide bonds. The standard InChI is InChI=1S/C39H34N4O.Pt/c1-25-20-21-40-37(22-25)42-35-13-8-7-12-33(35)34-19-18-32(24-36(34)42)44-31-11-9-10-30(23-31)43-27(3)38(26(2)41-43)28-14-16-29(17-15-28)39(4,5)6;/h7-22H,1-6H3;/q-2;+2. The average molecular weight is 770 g/mol. The number of nitrogens with zero attached hydrogens (tertiary/aromatic N) is 4. The van der Waals surface area contributed by atoms with E-state index < -0.39 is 0 Å². The fraction of sp³-hybridized carbons (Fsp3) is 0.179. The van der Waals surface area contributed by atoms with Gasteiger partial charge in [-0.25, -0.2) is 4.98 Å². The van der Waals surface area contributed by atoms with E-state index in [4.69, 9.17) is 9.84 Å². The summed E-state index contributed by atoms with van der Waals surface area (Å²) in [6.45, 7) is 12.9. The molecule has 0 N–H and O–H groups in total. The predicted molar refractivity (Wildman–Crippen MR) is 178 cm³/mol. The normalized spacial score (nSPS) is 11.6. The molecule has 0 fully saturated rings. The fourth-order valence-corrected chi connectivity index (χ4v) is 5.98. The maximum atomic E-state index is 6.38. The molecule has 0 aliphatic carbocycles. The van der Waals surface area contributed by atoms with Crippen LogP contribution in [0, 0.1) is 32.9 Å². The van der Waals surface area contributed by atoms with Crippen LogP contribution in [0.4, 0.5) is 0 Å². The molecule has 0 saturated carbocycles. The Morgan fingerprint density at radius 2 is 1.51 bits per heavy atom. The van der Waals surface area contributed by atoms with Crippen molar-refractivity contribution in [1.29, 1.82) is 0 Å². The monoisotopic (exact) mass is 769 g/mol. The van der Waals surface area contributed by atoms with Crippen LogP contribution in [0.15, 0.2) is 97.2 Å². The third kappa shape index (κ3) is 5.62. The Morgan fingerprint density at radius 1 is 0.756 bits per heavy atom. The number of pyridine rings is 1. The maximum Gasteiger partial charge on any atom is 2.00 e. The van der Waals surface area contributed by atoms with Crippen molar-refractivity contribution in [1.82, 2.24) is 19.3 Å². The van der Waals surface area contributed by atoms with Crippen LogP contribution in [-0.4, -0.2) is 19.3 Å². The van der Waals surface area contributed by atoms with Crippen LogP contribution in [0.3, 0.4) is 0 Å². The smallest absolute Gasteiger partial charge is 0.509 e. The number of fused-ring (bicyclic) bond motifs is 3. The van der Waals surface area contributed by atoms with Crippen LogP contribution in [0.1, 0.15) is 43.3 Å². The topological polar surface area (TPSA) is 44.9 Å². The number of hydrogen-bond donors (Lipinski definition) is 0. The summed E-state index contributed by atoms with van der Waals surface area (Å²) >= 11 is 0. The van der Waals surface area contributed by atoms with Crippen molar-refractivity contribution in [3.63, 3.8) is 0 Å². The molecule has 0 aliphatic heterocycles. The Kier molecular flexibility index (Phi) is 8.01. The van der Waals surface area contributed by atoms with Gasteiger partial charge >= 0.3 is 21.1 Å². The van der Waals surface area contributed by atoms with Crippen molar-refractivity contribution in [2.75, 3.05) is 0 Å². The Labute approximate surface area is 278 Å². The second-order valence-corrected chi connectivity index (χ2v) is 12.4. The zero-order valence-corrected chi connectivity index (χ0v) is 28.5. The van der Waals surface area contributed by atoms with Gasteiger partial charge in [-0.15, -0.1) is 35.7 Å². The Hall–Kier alpha value is -4.47. The Balaban J connectivity index is 0.00000357. The van der Waals surface area contributed by atoms with Gasteiger partial charge in [0.2, 0.25) is 0 Å². The van der Waals surface area contributed by atoms with Gasteiger partial charge in [0.25, 0.3) is 0 Å². The first kappa shape index (κ1) is 30.6. The van der Waals surface area contributed by atoms with Gasteiger partial charge in [-0.2, -0.15) is 17.2 Å². The zero-order chi connectivity index (χ0) is 30.6. The average Bonchev–Trinajstić information content (AvgIpc) is 3.49. The van der Waals surface area contributed by atoms with E-state index in [0.29, 0.717) is 11.5 Å². The third-order valence-corrected chi connectivity index (χ3v) is 8.22. The Morgan fingerprint density at radius 3 is 2.27 bits per heavy atom. The minimum atomic E-state index is 0. The molecule has 0 radical (unpaired) electrons. The second-order valence-electron chi connectivity index (χ2n) is 12.4. The number of hydrogen-bond acceptors (Lipinski definition) is 3. The first-order valence-corrected chi connectivity index (χ1v) is 14.9. The minimum absolute atomic E-state index is 0. The van der Waals surface area contributed by atoms with Crippen LogP contribution in [0.2, 0.25) is 0 Å². The summed E-state index contributed by atoms with van der Waals surface area (Å²) in [6.07, 6.45) is 1.84. The molecule has 45 heavy (non-hydrogen) atoms. The summed E-state index contributed by atoms with van der Waals surface area (Å²) < 4.78 is 10.5. The van der Waals surface area contributed by atoms with Crippen LogP contribution in [0.5, 0.6) is 11.5 Å². The van der Waals surface area contributed by atoms with Gasteiger partial charge in [0, 0.05) is 34.5 Å². The van der Waals surface area contributed by atoms with E-state index in [2.05, 4.69) is 124 Å². The van der Waals surface area contributed by atoms with Gasteiger partial charge in [-0.3, -0.25) is 4.68 Å². The summed E-state index contributed by atoms with van der Waals surface area (Å²) in [5, 5.41) is 7.15. The number of ether oxygens (including phenoxy) is 1. The van der Waals surface area contributed by atoms with Gasteiger partial charge in [-0.05, 0) is 72.1 Å². The van der Waals surface area contributed by atoms with E-state index in [9.17, 15) is 0 Å². The molecule has 6 heteroatoms. The molecule has 4 aromatic carbocycles. The quantitative estimate of drug-likeness (QED) is 0.164. The molecule has 3 aromatic heterocycles. The van der Waals surface area contributed by atoms with Crippen molar-refractivity contribution in [2.45, 2.75) is 47.0 Å². The van der Waals surface area contributed by atoms with Gasteiger partial charge in [-0.1, -0.05) is 68.8 Å². The Bertz CT molecular complexity index is 2170. The number of rotatable bonds is 5. The maximum absolute atomic E-state index is 6.38. The van der Waals surface area contributed by atoms with Crippen molar-refractivity contribution in [3.8, 4) is 34.1 Å². The molecular weight excluding hydrogens is 736 g/mol. The van der Waals surface area contributed by atoms with E-state index >= 15 is 0 Å². The van der Waals surface area contributed by atoms with Crippen molar-refractivity contribution >= 4 is 21.8 Å². The van der Waals surface area contributed by atoms with Crippen molar-refractivity contribution in [2.24, 2.45) is 0 Å². The van der Waals surface area contributed by atoms with Gasteiger partial charge in [0.05, 0.1) is 5.69 Å². The summed E-state index contributed by atoms with van der Waals surface area (Å²) in [6, 6.07) is 38.2. The van der Waals surface area contributed by atoms with Crippen LogP contribution >= 0.6 is 0 Å². The molecule has 7 rings (SSSR count). The van der Waals surface area contributed by atoms with Crippen LogP contribution in [-0.2, 0) is 26.5 Å². The molecule has 0 bridgehead atoms. The number of aryl methyl sites for hydroxylation is 2. The largest absolute Gasteiger partial charge is 2.00 e. The third-order valence-electron chi connectivity index (χ3n) is 8.22. The van der Waals surface area contributed by atoms with Crippen molar-refractivity contribution in [3.05, 3.63) is 132 Å². The first-order chi connectivity index (χ1) is 21.2. The van der Waals surface area contributed by atoms with E-state index in [1.165, 1.54) is 5.56 Å². The fourth-order valence-electron chi connectivity index (χ4n) is 5.98. The van der Waals surface area contributed by atoms with Crippen LogP contribution in [0.25, 0.3) is 44.4 Å². The number of benzene rings is 4. The molecule has 0 spiro atoms. The van der Waals surface area contributed by atoms with Gasteiger partial charge in [0.1, 0.15) is 5.82 Å². The first-order valence-electron chi connectivity index (χ1n) is 14.9. The molecule has 3 heterocycles. The number of aromatic nitrogens is 4. The molecule has 7 aromatic rings. The van der Waals surface area contributed by atoms with Gasteiger partial charge in [0.15, 0.2) is 0 Å². The second kappa shape index (κ2) is 11.8.